The Morgan fingerprint density at radius 2 is 1.00 bits per heavy atom. The van der Waals surface area contributed by atoms with Crippen LogP contribution in [0.2, 0.25) is 0 Å². The highest BCUT2D eigenvalue weighted by atomic mass is 16.8. The van der Waals surface area contributed by atoms with Crippen molar-refractivity contribution in [2.45, 2.75) is 58.3 Å². The lowest BCUT2D eigenvalue weighted by atomic mass is 9.98. The molecule has 2 fully saturated rings. The molecule has 18 heteroatoms. The first kappa shape index (κ1) is 43.2. The summed E-state index contributed by atoms with van der Waals surface area (Å²) in [5.74, 6) is -9.98. The molecule has 4 heterocycles. The first-order valence-corrected chi connectivity index (χ1v) is 17.8. The van der Waals surface area contributed by atoms with Crippen LogP contribution in [0.15, 0.2) is 107 Å². The maximum absolute atomic E-state index is 12.9. The van der Waals surface area contributed by atoms with Crippen molar-refractivity contribution in [3.05, 3.63) is 129 Å². The molecule has 2 atom stereocenters. The Bertz CT molecular complexity index is 2140. The highest BCUT2D eigenvalue weighted by Crippen LogP contribution is 2.37. The summed E-state index contributed by atoms with van der Waals surface area (Å²) < 4.78 is 52.6. The number of hydrogen-bond acceptors (Lipinski definition) is 18. The quantitative estimate of drug-likeness (QED) is 0.0923. The van der Waals surface area contributed by atoms with Gasteiger partial charge in [0.1, 0.15) is 35.5 Å². The second kappa shape index (κ2) is 18.1. The summed E-state index contributed by atoms with van der Waals surface area (Å²) >= 11 is 0. The van der Waals surface area contributed by atoms with Gasteiger partial charge < -0.3 is 57.6 Å². The van der Waals surface area contributed by atoms with Crippen LogP contribution in [-0.2, 0) is 76.1 Å². The Labute approximate surface area is 336 Å². The molecule has 1 aromatic rings. The van der Waals surface area contributed by atoms with Gasteiger partial charge >= 0.3 is 35.8 Å². The van der Waals surface area contributed by atoms with Crippen LogP contribution < -0.4 is 0 Å². The van der Waals surface area contributed by atoms with Crippen molar-refractivity contribution in [2.24, 2.45) is 0 Å². The van der Waals surface area contributed by atoms with Crippen LogP contribution in [0.25, 0.3) is 0 Å². The van der Waals surface area contributed by atoms with Crippen LogP contribution in [0.1, 0.15) is 55.1 Å². The molecule has 0 aromatic heterocycles. The van der Waals surface area contributed by atoms with E-state index in [1.807, 2.05) is 0 Å². The molecule has 59 heavy (non-hydrogen) atoms. The van der Waals surface area contributed by atoms with E-state index < -0.39 is 71.9 Å². The van der Waals surface area contributed by atoms with E-state index in [-0.39, 0.29) is 41.9 Å². The van der Waals surface area contributed by atoms with Crippen molar-refractivity contribution in [3.8, 4) is 0 Å². The molecule has 18 nitrogen and oxygen atoms in total. The number of aliphatic hydroxyl groups excluding tert-OH is 2. The van der Waals surface area contributed by atoms with Crippen LogP contribution in [-0.4, -0.2) is 85.0 Å². The number of aliphatic hydroxyl groups is 2. The van der Waals surface area contributed by atoms with Crippen molar-refractivity contribution >= 4 is 35.8 Å². The summed E-state index contributed by atoms with van der Waals surface area (Å²) in [6, 6.07) is 3.13. The minimum Gasteiger partial charge on any atom is -0.480 e. The van der Waals surface area contributed by atoms with Crippen molar-refractivity contribution in [2.75, 3.05) is 27.4 Å². The molecule has 0 amide bonds. The largest absolute Gasteiger partial charge is 0.480 e. The van der Waals surface area contributed by atoms with Crippen molar-refractivity contribution < 1.29 is 86.3 Å². The van der Waals surface area contributed by atoms with Gasteiger partial charge in [-0.25, -0.2) is 28.8 Å². The Morgan fingerprint density at radius 3 is 1.37 bits per heavy atom. The van der Waals surface area contributed by atoms with E-state index in [4.69, 9.17) is 47.4 Å². The number of methoxy groups -OCH3 is 2. The van der Waals surface area contributed by atoms with Gasteiger partial charge in [0.25, 0.3) is 36.0 Å². The topological polar surface area (TPSA) is 235 Å². The van der Waals surface area contributed by atoms with E-state index in [1.165, 1.54) is 75.8 Å². The van der Waals surface area contributed by atoms with Gasteiger partial charge in [0.15, 0.2) is 0 Å². The third-order valence-electron chi connectivity index (χ3n) is 8.79. The zero-order chi connectivity index (χ0) is 43.1. The average molecular weight is 821 g/mol. The zero-order valence-corrected chi connectivity index (χ0v) is 32.6. The minimum atomic E-state index is -1.55. The first-order valence-electron chi connectivity index (χ1n) is 17.8. The lowest BCUT2D eigenvalue weighted by Gasteiger charge is -2.34. The van der Waals surface area contributed by atoms with E-state index in [0.29, 0.717) is 22.3 Å². The standard InChI is InChI=1S/C41H40O18/c1-7-41(21-51-6)58-36(48)27(37(49)59-41)17-13-9-11-15-25-32(44)54-39(55-33(25)45)29-19-22(2)28(18-23(29)3)38-52-30(42)24(31(43)53-38)14-10-8-12-16-26-34(46)56-40(4,20-50-5)57-35(26)47/h8-19,38-39,42,44H,7,20-21H2,1-6H3/b12-8+,13-9+,14-10+,15-11+,26-16?,27-17?. The molecule has 5 rings (SSSR count). The monoisotopic (exact) mass is 820 g/mol. The third kappa shape index (κ3) is 9.79. The van der Waals surface area contributed by atoms with E-state index in [9.17, 15) is 39.0 Å². The maximum atomic E-state index is 12.9. The second-order valence-corrected chi connectivity index (χ2v) is 13.2. The van der Waals surface area contributed by atoms with Crippen molar-refractivity contribution in [1.82, 2.24) is 0 Å². The van der Waals surface area contributed by atoms with Crippen molar-refractivity contribution in [1.29, 1.82) is 0 Å². The Morgan fingerprint density at radius 1 is 0.593 bits per heavy atom. The van der Waals surface area contributed by atoms with E-state index in [0.717, 1.165) is 6.08 Å². The fraction of sp³-hybridized carbons (Fsp3) is 0.317. The SMILES string of the molecule is CCC1(COC)OC(=O)C(=C/C=C/C=C/C2=C(O)OC(c3cc(C)c(C4OC(=O)C(/C=C/C=C/C=C5C(=O)OC(C)(COC)OC5=O)=C(O)O4)cc3C)OC2=O)C(=O)O1. The number of rotatable bonds is 13. The molecular weight excluding hydrogens is 780 g/mol. The molecule has 2 unspecified atom stereocenters. The Kier molecular flexibility index (Phi) is 13.3. The van der Waals surface area contributed by atoms with Crippen LogP contribution in [0, 0.1) is 13.8 Å². The van der Waals surface area contributed by atoms with E-state index in [1.54, 1.807) is 32.9 Å². The number of carbonyl (C=O) groups is 6. The molecule has 0 aliphatic carbocycles. The summed E-state index contributed by atoms with van der Waals surface area (Å²) in [5.41, 5.74) is 0.278. The molecule has 2 saturated heterocycles. The van der Waals surface area contributed by atoms with Gasteiger partial charge in [0.05, 0.1) is 0 Å². The Hall–Kier alpha value is -6.92. The molecule has 0 spiro atoms. The van der Waals surface area contributed by atoms with Gasteiger partial charge in [-0.1, -0.05) is 43.4 Å². The van der Waals surface area contributed by atoms with E-state index >= 15 is 0 Å². The summed E-state index contributed by atoms with van der Waals surface area (Å²) in [5, 5.41) is 21.2. The van der Waals surface area contributed by atoms with Gasteiger partial charge in [-0.15, -0.1) is 0 Å². The molecule has 312 valence electrons. The number of carbonyl (C=O) groups excluding carboxylic acids is 6. The van der Waals surface area contributed by atoms with Crippen molar-refractivity contribution in [3.63, 3.8) is 0 Å². The van der Waals surface area contributed by atoms with Gasteiger partial charge in [-0.3, -0.25) is 0 Å². The third-order valence-corrected chi connectivity index (χ3v) is 8.79. The normalized spacial score (nSPS) is 25.2. The van der Waals surface area contributed by atoms with Crippen LogP contribution in [0.5, 0.6) is 0 Å². The molecular formula is C41H40O18. The lowest BCUT2D eigenvalue weighted by Crippen LogP contribution is -2.49. The molecule has 0 saturated carbocycles. The fourth-order valence-corrected chi connectivity index (χ4v) is 5.79. The lowest BCUT2D eigenvalue weighted by molar-refractivity contribution is -0.250. The number of hydrogen-bond donors (Lipinski definition) is 2. The minimum absolute atomic E-state index is 0.130. The second-order valence-electron chi connectivity index (χ2n) is 13.2. The highest BCUT2D eigenvalue weighted by molar-refractivity contribution is 6.16. The zero-order valence-electron chi connectivity index (χ0n) is 32.6. The van der Waals surface area contributed by atoms with Gasteiger partial charge in [0.2, 0.25) is 0 Å². The maximum Gasteiger partial charge on any atom is 0.348 e. The van der Waals surface area contributed by atoms with Crippen LogP contribution >= 0.6 is 0 Å². The molecule has 4 aliphatic rings. The van der Waals surface area contributed by atoms with Crippen LogP contribution in [0.3, 0.4) is 0 Å². The number of esters is 6. The fourth-order valence-electron chi connectivity index (χ4n) is 5.79. The number of allylic oxidation sites excluding steroid dienone is 8. The van der Waals surface area contributed by atoms with Gasteiger partial charge in [-0.05, 0) is 61.4 Å². The molecule has 4 aliphatic heterocycles. The number of aryl methyl sites for hydroxylation is 2. The molecule has 0 radical (unpaired) electrons. The molecule has 0 bridgehead atoms. The number of benzene rings is 1. The van der Waals surface area contributed by atoms with Gasteiger partial charge in [0, 0.05) is 38.7 Å². The van der Waals surface area contributed by atoms with Gasteiger partial charge in [-0.2, -0.15) is 0 Å². The summed E-state index contributed by atoms with van der Waals surface area (Å²) in [6.45, 7) is 6.05. The summed E-state index contributed by atoms with van der Waals surface area (Å²) in [4.78, 5) is 75.1. The summed E-state index contributed by atoms with van der Waals surface area (Å²) in [7, 11) is 2.73. The first-order chi connectivity index (χ1) is 28.0. The number of ether oxygens (including phenoxy) is 10. The summed E-state index contributed by atoms with van der Waals surface area (Å²) in [6.07, 6.45) is 10.2. The van der Waals surface area contributed by atoms with Crippen LogP contribution in [0.4, 0.5) is 0 Å². The smallest absolute Gasteiger partial charge is 0.348 e. The molecule has 2 N–H and O–H groups in total. The number of cyclic esters (lactones) is 6. The van der Waals surface area contributed by atoms with E-state index in [2.05, 4.69) is 0 Å². The highest BCUT2D eigenvalue weighted by Gasteiger charge is 2.45. The molecule has 1 aromatic carbocycles. The average Bonchev–Trinajstić information content (AvgIpc) is 3.15. The Balaban J connectivity index is 1.20. The predicted molar refractivity (Wildman–Crippen MR) is 197 cm³/mol. The predicted octanol–water partition coefficient (Wildman–Crippen LogP) is 4.38.